The Hall–Kier alpha value is -2.84. The highest BCUT2D eigenvalue weighted by Crippen LogP contribution is 2.18. The van der Waals surface area contributed by atoms with Crippen LogP contribution in [0.4, 0.5) is 10.5 Å². The molecule has 0 spiro atoms. The van der Waals surface area contributed by atoms with Crippen LogP contribution in [-0.4, -0.2) is 41.7 Å². The largest absolute Gasteiger partial charge is 0.444 e. The van der Waals surface area contributed by atoms with Gasteiger partial charge in [-0.15, -0.1) is 0 Å². The first kappa shape index (κ1) is 24.2. The Morgan fingerprint density at radius 2 is 1.79 bits per heavy atom. The Bertz CT molecular complexity index is 724. The van der Waals surface area contributed by atoms with E-state index >= 15 is 0 Å². The zero-order valence-electron chi connectivity index (χ0n) is 18.2. The number of alkyl carbamates (subject to hydrolysis) is 1. The van der Waals surface area contributed by atoms with E-state index in [1.807, 2.05) is 34.6 Å². The second-order valence-corrected chi connectivity index (χ2v) is 7.78. The van der Waals surface area contributed by atoms with Crippen LogP contribution in [0.5, 0.6) is 0 Å². The van der Waals surface area contributed by atoms with Gasteiger partial charge in [-0.05, 0) is 33.6 Å². The number of para-hydroxylation sites is 1. The molecule has 29 heavy (non-hydrogen) atoms. The summed E-state index contributed by atoms with van der Waals surface area (Å²) >= 11 is 0. The molecule has 1 aromatic rings. The number of aliphatic imine (C=N–C) groups is 1. The van der Waals surface area contributed by atoms with Gasteiger partial charge >= 0.3 is 6.09 Å². The molecule has 162 valence electrons. The SMILES string of the molecule is CCC(CC)(CNC(=NC)NCc1ccccc1[N+](=O)[O-])NC(=O)OC(C)(C)C. The molecule has 0 aliphatic heterocycles. The van der Waals surface area contributed by atoms with E-state index in [0.717, 1.165) is 0 Å². The molecule has 0 saturated carbocycles. The quantitative estimate of drug-likeness (QED) is 0.263. The fourth-order valence-electron chi connectivity index (χ4n) is 2.73. The lowest BCUT2D eigenvalue weighted by Crippen LogP contribution is -2.57. The van der Waals surface area contributed by atoms with Crippen LogP contribution in [0.15, 0.2) is 29.3 Å². The predicted octanol–water partition coefficient (Wildman–Crippen LogP) is 3.34. The molecule has 0 aliphatic carbocycles. The molecular formula is C20H33N5O4. The van der Waals surface area contributed by atoms with E-state index in [0.29, 0.717) is 30.9 Å². The first-order valence-electron chi connectivity index (χ1n) is 9.73. The van der Waals surface area contributed by atoms with Crippen molar-refractivity contribution in [1.29, 1.82) is 0 Å². The molecule has 1 rings (SSSR count). The van der Waals surface area contributed by atoms with Gasteiger partial charge in [0.2, 0.25) is 0 Å². The predicted molar refractivity (Wildman–Crippen MR) is 114 cm³/mol. The maximum atomic E-state index is 12.2. The van der Waals surface area contributed by atoms with Crippen LogP contribution in [0.25, 0.3) is 0 Å². The zero-order valence-corrected chi connectivity index (χ0v) is 18.2. The fourth-order valence-corrected chi connectivity index (χ4v) is 2.73. The van der Waals surface area contributed by atoms with Gasteiger partial charge in [0.15, 0.2) is 5.96 Å². The summed E-state index contributed by atoms with van der Waals surface area (Å²) in [6.45, 7) is 10.1. The normalized spacial score (nSPS) is 12.3. The number of hydrogen-bond acceptors (Lipinski definition) is 5. The Kier molecular flexibility index (Phi) is 8.87. The van der Waals surface area contributed by atoms with Crippen LogP contribution in [0.3, 0.4) is 0 Å². The number of rotatable bonds is 8. The number of nitrogens with zero attached hydrogens (tertiary/aromatic N) is 2. The molecular weight excluding hydrogens is 374 g/mol. The van der Waals surface area contributed by atoms with Gasteiger partial charge in [-0.3, -0.25) is 15.1 Å². The van der Waals surface area contributed by atoms with E-state index in [-0.39, 0.29) is 12.2 Å². The number of guanidine groups is 1. The molecule has 0 bridgehead atoms. The van der Waals surface area contributed by atoms with Crippen molar-refractivity contribution in [2.75, 3.05) is 13.6 Å². The fraction of sp³-hybridized carbons (Fsp3) is 0.600. The lowest BCUT2D eigenvalue weighted by Gasteiger charge is -2.34. The summed E-state index contributed by atoms with van der Waals surface area (Å²) in [6.07, 6.45) is 0.916. The minimum absolute atomic E-state index is 0.0542. The number of ether oxygens (including phenoxy) is 1. The average molecular weight is 408 g/mol. The number of hydrogen-bond donors (Lipinski definition) is 3. The van der Waals surface area contributed by atoms with Gasteiger partial charge in [-0.1, -0.05) is 32.0 Å². The third-order valence-corrected chi connectivity index (χ3v) is 4.57. The van der Waals surface area contributed by atoms with Crippen LogP contribution in [0, 0.1) is 10.1 Å². The summed E-state index contributed by atoms with van der Waals surface area (Å²) < 4.78 is 5.38. The first-order chi connectivity index (χ1) is 13.6. The van der Waals surface area contributed by atoms with Crippen molar-refractivity contribution >= 4 is 17.7 Å². The summed E-state index contributed by atoms with van der Waals surface area (Å²) in [6, 6.07) is 6.56. The molecule has 3 N–H and O–H groups in total. The number of nitrogens with one attached hydrogen (secondary N) is 3. The Morgan fingerprint density at radius 1 is 1.17 bits per heavy atom. The number of amides is 1. The molecule has 0 aromatic heterocycles. The average Bonchev–Trinajstić information content (AvgIpc) is 2.65. The van der Waals surface area contributed by atoms with Gasteiger partial charge in [0.25, 0.3) is 5.69 Å². The van der Waals surface area contributed by atoms with Crippen molar-refractivity contribution in [3.8, 4) is 0 Å². The van der Waals surface area contributed by atoms with Crippen LogP contribution in [0.1, 0.15) is 53.0 Å². The summed E-state index contributed by atoms with van der Waals surface area (Å²) in [7, 11) is 1.62. The third-order valence-electron chi connectivity index (χ3n) is 4.57. The molecule has 0 radical (unpaired) electrons. The molecule has 9 heteroatoms. The second-order valence-electron chi connectivity index (χ2n) is 7.78. The third kappa shape index (κ3) is 7.97. The van der Waals surface area contributed by atoms with Crippen LogP contribution < -0.4 is 16.0 Å². The number of nitro benzene ring substituents is 1. The van der Waals surface area contributed by atoms with Crippen LogP contribution in [0.2, 0.25) is 0 Å². The zero-order chi connectivity index (χ0) is 22.1. The lowest BCUT2D eigenvalue weighted by atomic mass is 9.93. The molecule has 0 atom stereocenters. The van der Waals surface area contributed by atoms with Gasteiger partial charge in [-0.2, -0.15) is 0 Å². The van der Waals surface area contributed by atoms with Crippen molar-refractivity contribution in [1.82, 2.24) is 16.0 Å². The monoisotopic (exact) mass is 407 g/mol. The van der Waals surface area contributed by atoms with E-state index in [1.54, 1.807) is 25.2 Å². The Balaban J connectivity index is 2.75. The van der Waals surface area contributed by atoms with E-state index in [9.17, 15) is 14.9 Å². The van der Waals surface area contributed by atoms with Gasteiger partial charge in [0.05, 0.1) is 10.5 Å². The molecule has 0 unspecified atom stereocenters. The van der Waals surface area contributed by atoms with Gasteiger partial charge < -0.3 is 20.7 Å². The molecule has 0 aliphatic rings. The summed E-state index contributed by atoms with van der Waals surface area (Å²) in [5.41, 5.74) is -0.478. The highest BCUT2D eigenvalue weighted by atomic mass is 16.6. The molecule has 0 saturated heterocycles. The maximum absolute atomic E-state index is 12.2. The summed E-state index contributed by atoms with van der Waals surface area (Å²) in [4.78, 5) is 27.2. The van der Waals surface area contributed by atoms with Crippen LogP contribution >= 0.6 is 0 Å². The van der Waals surface area contributed by atoms with Crippen molar-refractivity contribution in [2.24, 2.45) is 4.99 Å². The minimum Gasteiger partial charge on any atom is -0.444 e. The molecule has 0 fully saturated rings. The Morgan fingerprint density at radius 3 is 2.31 bits per heavy atom. The smallest absolute Gasteiger partial charge is 0.408 e. The molecule has 1 amide bonds. The lowest BCUT2D eigenvalue weighted by molar-refractivity contribution is -0.385. The van der Waals surface area contributed by atoms with E-state index in [1.165, 1.54) is 6.07 Å². The first-order valence-corrected chi connectivity index (χ1v) is 9.73. The highest BCUT2D eigenvalue weighted by molar-refractivity contribution is 5.80. The summed E-state index contributed by atoms with van der Waals surface area (Å²) in [5, 5.41) is 20.4. The topological polar surface area (TPSA) is 118 Å². The standard InChI is InChI=1S/C20H33N5O4/c1-7-20(8-2,24-18(26)29-19(3,4)5)14-23-17(21-6)22-13-15-11-9-10-12-16(15)25(27)28/h9-12H,7-8,13-14H2,1-6H3,(H,24,26)(H2,21,22,23). The van der Waals surface area contributed by atoms with Crippen molar-refractivity contribution in [3.63, 3.8) is 0 Å². The van der Waals surface area contributed by atoms with Gasteiger partial charge in [0, 0.05) is 31.8 Å². The Labute approximate surface area is 172 Å². The van der Waals surface area contributed by atoms with Crippen molar-refractivity contribution in [2.45, 2.75) is 65.1 Å². The number of nitro groups is 1. The van der Waals surface area contributed by atoms with Gasteiger partial charge in [-0.25, -0.2) is 4.79 Å². The van der Waals surface area contributed by atoms with Crippen molar-refractivity contribution < 1.29 is 14.5 Å². The second kappa shape index (κ2) is 10.6. The van der Waals surface area contributed by atoms with E-state index < -0.39 is 22.2 Å². The highest BCUT2D eigenvalue weighted by Gasteiger charge is 2.30. The number of carbonyl (C=O) groups is 1. The van der Waals surface area contributed by atoms with E-state index in [2.05, 4.69) is 20.9 Å². The molecule has 1 aromatic carbocycles. The van der Waals surface area contributed by atoms with Gasteiger partial charge in [0.1, 0.15) is 5.60 Å². The number of carbonyl (C=O) groups excluding carboxylic acids is 1. The number of benzene rings is 1. The minimum atomic E-state index is -0.577. The van der Waals surface area contributed by atoms with E-state index in [4.69, 9.17) is 4.74 Å². The maximum Gasteiger partial charge on any atom is 0.408 e. The molecule has 9 nitrogen and oxygen atoms in total. The van der Waals surface area contributed by atoms with Crippen LogP contribution in [-0.2, 0) is 11.3 Å². The summed E-state index contributed by atoms with van der Waals surface area (Å²) in [5.74, 6) is 0.486. The van der Waals surface area contributed by atoms with Crippen molar-refractivity contribution in [3.05, 3.63) is 39.9 Å². The molecule has 0 heterocycles.